The molecule has 1 amide bonds. The van der Waals surface area contributed by atoms with Crippen molar-refractivity contribution in [2.75, 3.05) is 6.61 Å². The van der Waals surface area contributed by atoms with Crippen LogP contribution in [0.25, 0.3) is 0 Å². The van der Waals surface area contributed by atoms with Gasteiger partial charge in [-0.05, 0) is 31.0 Å². The van der Waals surface area contributed by atoms with E-state index >= 15 is 0 Å². The van der Waals surface area contributed by atoms with E-state index < -0.39 is 0 Å². The number of nitrogens with zero attached hydrogens (tertiary/aromatic N) is 1. The number of fused-ring (bicyclic) bond motifs is 1. The standard InChI is InChI=1S/C15H14ClN3O3/c16-9-3-4-10-11(2-1-7-22-13(10)8-9)17-15(21)12-5-6-14(20)19-18-12/h3-6,8,11H,1-2,7H2,(H,17,21)(H,19,20)/t11-/m0/s1. The second-order valence-corrected chi connectivity index (χ2v) is 5.44. The number of hydrogen-bond acceptors (Lipinski definition) is 4. The Labute approximate surface area is 131 Å². The molecule has 22 heavy (non-hydrogen) atoms. The number of amides is 1. The Morgan fingerprint density at radius 1 is 1.36 bits per heavy atom. The van der Waals surface area contributed by atoms with Crippen LogP contribution in [-0.4, -0.2) is 22.7 Å². The number of rotatable bonds is 2. The van der Waals surface area contributed by atoms with Crippen molar-refractivity contribution in [3.05, 3.63) is 57.0 Å². The van der Waals surface area contributed by atoms with Gasteiger partial charge in [0.2, 0.25) is 0 Å². The van der Waals surface area contributed by atoms with Gasteiger partial charge in [-0.25, -0.2) is 5.10 Å². The van der Waals surface area contributed by atoms with Crippen molar-refractivity contribution in [2.24, 2.45) is 0 Å². The van der Waals surface area contributed by atoms with Crippen LogP contribution in [0.5, 0.6) is 5.75 Å². The molecule has 0 radical (unpaired) electrons. The van der Waals surface area contributed by atoms with E-state index in [2.05, 4.69) is 15.5 Å². The molecule has 0 spiro atoms. The van der Waals surface area contributed by atoms with Crippen LogP contribution in [0.4, 0.5) is 0 Å². The molecule has 7 heteroatoms. The lowest BCUT2D eigenvalue weighted by Crippen LogP contribution is -2.29. The van der Waals surface area contributed by atoms with Crippen molar-refractivity contribution in [3.8, 4) is 5.75 Å². The summed E-state index contributed by atoms with van der Waals surface area (Å²) in [4.78, 5) is 23.2. The number of carbonyl (C=O) groups is 1. The van der Waals surface area contributed by atoms with Crippen LogP contribution in [0.3, 0.4) is 0 Å². The summed E-state index contributed by atoms with van der Waals surface area (Å²) in [5.74, 6) is 0.341. The minimum atomic E-state index is -0.348. The molecule has 6 nitrogen and oxygen atoms in total. The third-order valence-electron chi connectivity index (χ3n) is 3.46. The molecule has 114 valence electrons. The Balaban J connectivity index is 1.84. The first-order valence-electron chi connectivity index (χ1n) is 6.92. The van der Waals surface area contributed by atoms with Gasteiger partial charge in [-0.2, -0.15) is 5.10 Å². The lowest BCUT2D eigenvalue weighted by atomic mass is 10.0. The Bertz CT molecular complexity index is 739. The molecule has 1 aliphatic rings. The fraction of sp³-hybridized carbons (Fsp3) is 0.267. The molecular weight excluding hydrogens is 306 g/mol. The minimum absolute atomic E-state index is 0.167. The monoisotopic (exact) mass is 319 g/mol. The molecule has 0 bridgehead atoms. The van der Waals surface area contributed by atoms with Gasteiger partial charge < -0.3 is 10.1 Å². The van der Waals surface area contributed by atoms with Crippen molar-refractivity contribution < 1.29 is 9.53 Å². The summed E-state index contributed by atoms with van der Waals surface area (Å²) in [7, 11) is 0. The smallest absolute Gasteiger partial charge is 0.272 e. The number of hydrogen-bond donors (Lipinski definition) is 2. The summed E-state index contributed by atoms with van der Waals surface area (Å²) in [6.07, 6.45) is 1.57. The van der Waals surface area contributed by atoms with E-state index in [4.69, 9.17) is 16.3 Å². The Morgan fingerprint density at radius 3 is 3.00 bits per heavy atom. The lowest BCUT2D eigenvalue weighted by molar-refractivity contribution is 0.0928. The average Bonchev–Trinajstić information content (AvgIpc) is 2.70. The first-order valence-corrected chi connectivity index (χ1v) is 7.30. The highest BCUT2D eigenvalue weighted by molar-refractivity contribution is 6.30. The van der Waals surface area contributed by atoms with Crippen molar-refractivity contribution in [3.63, 3.8) is 0 Å². The molecule has 3 rings (SSSR count). The topological polar surface area (TPSA) is 84.1 Å². The maximum Gasteiger partial charge on any atom is 0.272 e. The molecular formula is C15H14ClN3O3. The molecule has 1 atom stereocenters. The Kier molecular flexibility index (Phi) is 4.11. The van der Waals surface area contributed by atoms with Crippen molar-refractivity contribution >= 4 is 17.5 Å². The van der Waals surface area contributed by atoms with E-state index in [0.717, 1.165) is 18.4 Å². The van der Waals surface area contributed by atoms with Gasteiger partial charge >= 0.3 is 0 Å². The van der Waals surface area contributed by atoms with Crippen molar-refractivity contribution in [1.82, 2.24) is 15.5 Å². The van der Waals surface area contributed by atoms with Gasteiger partial charge in [0.05, 0.1) is 12.6 Å². The molecule has 0 unspecified atom stereocenters. The third-order valence-corrected chi connectivity index (χ3v) is 3.70. The van der Waals surface area contributed by atoms with Gasteiger partial charge in [-0.3, -0.25) is 9.59 Å². The highest BCUT2D eigenvalue weighted by Gasteiger charge is 2.22. The summed E-state index contributed by atoms with van der Waals surface area (Å²) >= 11 is 5.98. The Hall–Kier alpha value is -2.34. The predicted octanol–water partition coefficient (Wildman–Crippen LogP) is 2.07. The zero-order chi connectivity index (χ0) is 15.5. The van der Waals surface area contributed by atoms with E-state index in [-0.39, 0.29) is 23.2 Å². The molecule has 2 N–H and O–H groups in total. The quantitative estimate of drug-likeness (QED) is 0.887. The summed E-state index contributed by atoms with van der Waals surface area (Å²) in [6.45, 7) is 0.580. The summed E-state index contributed by atoms with van der Waals surface area (Å²) in [5, 5.41) is 9.50. The van der Waals surface area contributed by atoms with Crippen LogP contribution >= 0.6 is 11.6 Å². The van der Waals surface area contributed by atoms with E-state index in [1.54, 1.807) is 12.1 Å². The van der Waals surface area contributed by atoms with Gasteiger partial charge in [0.15, 0.2) is 0 Å². The van der Waals surface area contributed by atoms with Crippen molar-refractivity contribution in [2.45, 2.75) is 18.9 Å². The van der Waals surface area contributed by atoms with Crippen LogP contribution < -0.4 is 15.6 Å². The number of H-pyrrole nitrogens is 1. The second kappa shape index (κ2) is 6.19. The fourth-order valence-corrected chi connectivity index (χ4v) is 2.56. The molecule has 1 aromatic heterocycles. The maximum absolute atomic E-state index is 12.3. The molecule has 1 aliphatic heterocycles. The van der Waals surface area contributed by atoms with Crippen LogP contribution in [0.2, 0.25) is 5.02 Å². The normalized spacial score (nSPS) is 17.0. The lowest BCUT2D eigenvalue weighted by Gasteiger charge is -2.18. The molecule has 2 heterocycles. The number of aromatic nitrogens is 2. The van der Waals surface area contributed by atoms with Gasteiger partial charge in [-0.15, -0.1) is 0 Å². The highest BCUT2D eigenvalue weighted by atomic mass is 35.5. The highest BCUT2D eigenvalue weighted by Crippen LogP contribution is 2.33. The minimum Gasteiger partial charge on any atom is -0.493 e. The van der Waals surface area contributed by atoms with E-state index in [9.17, 15) is 9.59 Å². The van der Waals surface area contributed by atoms with Crippen LogP contribution in [0.1, 0.15) is 34.9 Å². The average molecular weight is 320 g/mol. The SMILES string of the molecule is O=C(N[C@H]1CCCOc2cc(Cl)ccc21)c1ccc(=O)[nH]n1. The summed E-state index contributed by atoms with van der Waals surface area (Å²) in [5.41, 5.74) is 0.708. The molecule has 0 aliphatic carbocycles. The number of carbonyl (C=O) groups excluding carboxylic acids is 1. The van der Waals surface area contributed by atoms with E-state index in [0.29, 0.717) is 17.4 Å². The van der Waals surface area contributed by atoms with Gasteiger partial charge in [-0.1, -0.05) is 17.7 Å². The molecule has 0 fully saturated rings. The van der Waals surface area contributed by atoms with Gasteiger partial charge in [0, 0.05) is 16.7 Å². The van der Waals surface area contributed by atoms with Gasteiger partial charge in [0.25, 0.3) is 11.5 Å². The molecule has 0 saturated carbocycles. The zero-order valence-corrected chi connectivity index (χ0v) is 12.4. The van der Waals surface area contributed by atoms with Crippen molar-refractivity contribution in [1.29, 1.82) is 0 Å². The summed E-state index contributed by atoms with van der Waals surface area (Å²) in [6, 6.07) is 7.85. The van der Waals surface area contributed by atoms with E-state index in [1.165, 1.54) is 12.1 Å². The molecule has 1 aromatic carbocycles. The Morgan fingerprint density at radius 2 is 2.23 bits per heavy atom. The van der Waals surface area contributed by atoms with Crippen LogP contribution in [-0.2, 0) is 0 Å². The summed E-state index contributed by atoms with van der Waals surface area (Å²) < 4.78 is 5.66. The molecule has 0 saturated heterocycles. The van der Waals surface area contributed by atoms with Crippen LogP contribution in [0.15, 0.2) is 35.1 Å². The molecule has 2 aromatic rings. The number of halogens is 1. The maximum atomic E-state index is 12.3. The number of nitrogens with one attached hydrogen (secondary N) is 2. The number of ether oxygens (including phenoxy) is 1. The number of aromatic amines is 1. The van der Waals surface area contributed by atoms with Crippen LogP contribution in [0, 0.1) is 0 Å². The number of benzene rings is 1. The predicted molar refractivity (Wildman–Crippen MR) is 81.2 cm³/mol. The zero-order valence-electron chi connectivity index (χ0n) is 11.6. The van der Waals surface area contributed by atoms with Gasteiger partial charge in [0.1, 0.15) is 11.4 Å². The van der Waals surface area contributed by atoms with E-state index in [1.807, 2.05) is 6.07 Å². The largest absolute Gasteiger partial charge is 0.493 e. The first-order chi connectivity index (χ1) is 10.6. The first kappa shape index (κ1) is 14.6. The second-order valence-electron chi connectivity index (χ2n) is 5.01. The third kappa shape index (κ3) is 3.12. The fourth-order valence-electron chi connectivity index (χ4n) is 2.40.